The molecule has 1 aromatic rings. The first-order valence-electron chi connectivity index (χ1n) is 11.4. The number of ether oxygens (including phenoxy) is 1. The van der Waals surface area contributed by atoms with Gasteiger partial charge in [-0.3, -0.25) is 4.79 Å². The standard InChI is InChI=1S/C25H37BrO5/c1-18(26)31-25(30)12-8-3-2-7-11-21-22(24(29)17-23(21)28)16-15-20(27)14-13-19-9-5-4-6-10-19/h2,4-7,9-10,18,20-24,27-29H,3,8,11-17H2,1H3/t18?,20-,21+,22+,23+,24+/m0/s1. The molecule has 5 nitrogen and oxygen atoms in total. The van der Waals surface area contributed by atoms with Crippen LogP contribution in [0.5, 0.6) is 0 Å². The molecule has 1 unspecified atom stereocenters. The van der Waals surface area contributed by atoms with E-state index in [9.17, 15) is 20.1 Å². The lowest BCUT2D eigenvalue weighted by Gasteiger charge is -2.23. The molecule has 174 valence electrons. The molecule has 0 aromatic heterocycles. The number of alkyl halides is 1. The molecule has 0 heterocycles. The first-order chi connectivity index (χ1) is 14.9. The molecule has 1 aliphatic carbocycles. The number of carbonyl (C=O) groups excluding carboxylic acids is 1. The Bertz CT molecular complexity index is 663. The van der Waals surface area contributed by atoms with Crippen molar-refractivity contribution in [2.24, 2.45) is 11.8 Å². The number of carbonyl (C=O) groups is 1. The smallest absolute Gasteiger partial charge is 0.306 e. The van der Waals surface area contributed by atoms with E-state index >= 15 is 0 Å². The molecule has 0 spiro atoms. The number of hydrogen-bond acceptors (Lipinski definition) is 5. The van der Waals surface area contributed by atoms with E-state index in [2.05, 4.69) is 28.1 Å². The Morgan fingerprint density at radius 3 is 2.58 bits per heavy atom. The zero-order chi connectivity index (χ0) is 22.6. The van der Waals surface area contributed by atoms with Gasteiger partial charge in [-0.05, 0) is 91.6 Å². The Morgan fingerprint density at radius 2 is 1.87 bits per heavy atom. The molecule has 6 atom stereocenters. The highest BCUT2D eigenvalue weighted by molar-refractivity contribution is 9.09. The molecule has 1 aliphatic rings. The molecule has 1 saturated carbocycles. The summed E-state index contributed by atoms with van der Waals surface area (Å²) in [4.78, 5) is 11.5. The van der Waals surface area contributed by atoms with Gasteiger partial charge in [-0.2, -0.15) is 0 Å². The fraction of sp³-hybridized carbons (Fsp3) is 0.640. The fourth-order valence-electron chi connectivity index (χ4n) is 4.39. The van der Waals surface area contributed by atoms with Crippen molar-refractivity contribution in [3.8, 4) is 0 Å². The Balaban J connectivity index is 1.70. The molecule has 31 heavy (non-hydrogen) atoms. The molecule has 2 rings (SSSR count). The lowest BCUT2D eigenvalue weighted by Crippen LogP contribution is -2.23. The monoisotopic (exact) mass is 496 g/mol. The number of aliphatic hydroxyl groups is 3. The van der Waals surface area contributed by atoms with Crippen molar-refractivity contribution >= 4 is 21.9 Å². The predicted molar refractivity (Wildman–Crippen MR) is 126 cm³/mol. The number of aryl methyl sites for hydroxylation is 1. The largest absolute Gasteiger partial charge is 0.451 e. The van der Waals surface area contributed by atoms with E-state index < -0.39 is 18.3 Å². The van der Waals surface area contributed by atoms with Gasteiger partial charge in [0.05, 0.1) is 18.3 Å². The van der Waals surface area contributed by atoms with E-state index in [-0.39, 0.29) is 22.8 Å². The van der Waals surface area contributed by atoms with Gasteiger partial charge in [-0.1, -0.05) is 42.5 Å². The number of benzene rings is 1. The van der Waals surface area contributed by atoms with E-state index in [4.69, 9.17) is 4.74 Å². The van der Waals surface area contributed by atoms with Gasteiger partial charge in [0, 0.05) is 6.42 Å². The van der Waals surface area contributed by atoms with Gasteiger partial charge in [0.1, 0.15) is 0 Å². The SMILES string of the molecule is CC(Br)OC(=O)CCCC=CC[C@@H]1[C@@H](CC[C@@H](O)CCc2ccccc2)[C@H](O)C[C@H]1O. The van der Waals surface area contributed by atoms with Crippen LogP contribution in [-0.4, -0.2) is 44.6 Å². The highest BCUT2D eigenvalue weighted by Crippen LogP contribution is 2.38. The first kappa shape index (κ1) is 26.0. The molecule has 0 aliphatic heterocycles. The van der Waals surface area contributed by atoms with Crippen LogP contribution in [0, 0.1) is 11.8 Å². The van der Waals surface area contributed by atoms with Crippen LogP contribution in [0.3, 0.4) is 0 Å². The van der Waals surface area contributed by atoms with E-state index in [0.717, 1.165) is 19.3 Å². The van der Waals surface area contributed by atoms with Crippen LogP contribution in [0.2, 0.25) is 0 Å². The fourth-order valence-corrected chi connectivity index (χ4v) is 4.60. The Hall–Kier alpha value is -1.21. The quantitative estimate of drug-likeness (QED) is 0.162. The average molecular weight is 497 g/mol. The third-order valence-corrected chi connectivity index (χ3v) is 6.27. The zero-order valence-corrected chi connectivity index (χ0v) is 20.0. The summed E-state index contributed by atoms with van der Waals surface area (Å²) in [7, 11) is 0. The maximum atomic E-state index is 11.5. The van der Waals surface area contributed by atoms with Crippen LogP contribution in [0.15, 0.2) is 42.5 Å². The summed E-state index contributed by atoms with van der Waals surface area (Å²) < 4.78 is 5.04. The highest BCUT2D eigenvalue weighted by Gasteiger charge is 2.40. The number of aliphatic hydroxyl groups excluding tert-OH is 3. The third-order valence-electron chi connectivity index (χ3n) is 6.08. The lowest BCUT2D eigenvalue weighted by atomic mass is 9.85. The van der Waals surface area contributed by atoms with Gasteiger partial charge >= 0.3 is 5.97 Å². The van der Waals surface area contributed by atoms with Crippen LogP contribution in [-0.2, 0) is 16.0 Å². The minimum atomic E-state index is -0.518. The first-order valence-corrected chi connectivity index (χ1v) is 12.3. The van der Waals surface area contributed by atoms with Gasteiger partial charge in [0.2, 0.25) is 0 Å². The summed E-state index contributed by atoms with van der Waals surface area (Å²) >= 11 is 3.19. The highest BCUT2D eigenvalue weighted by atomic mass is 79.9. The summed E-state index contributed by atoms with van der Waals surface area (Å²) in [6.45, 7) is 1.76. The molecule has 1 fully saturated rings. The maximum Gasteiger partial charge on any atom is 0.306 e. The van der Waals surface area contributed by atoms with Crippen LogP contribution in [0.25, 0.3) is 0 Å². The van der Waals surface area contributed by atoms with Gasteiger partial charge in [0.25, 0.3) is 0 Å². The number of unbranched alkanes of at least 4 members (excludes halogenated alkanes) is 1. The second-order valence-electron chi connectivity index (χ2n) is 8.59. The van der Waals surface area contributed by atoms with Crippen molar-refractivity contribution in [1.82, 2.24) is 0 Å². The molecule has 3 N–H and O–H groups in total. The average Bonchev–Trinajstić information content (AvgIpc) is 3.00. The second-order valence-corrected chi connectivity index (χ2v) is 9.88. The topological polar surface area (TPSA) is 87.0 Å². The Kier molecular flexibility index (Phi) is 11.8. The molecule has 0 amide bonds. The van der Waals surface area contributed by atoms with Crippen molar-refractivity contribution in [1.29, 1.82) is 0 Å². The maximum absolute atomic E-state index is 11.5. The molecule has 1 aromatic carbocycles. The van der Waals surface area contributed by atoms with Gasteiger partial charge in [-0.15, -0.1) is 0 Å². The number of allylic oxidation sites excluding steroid dienone is 2. The normalized spacial score (nSPS) is 25.6. The second kappa shape index (κ2) is 14.0. The van der Waals surface area contributed by atoms with E-state index in [1.807, 2.05) is 30.4 Å². The Labute approximate surface area is 194 Å². The van der Waals surface area contributed by atoms with Gasteiger partial charge < -0.3 is 20.1 Å². The summed E-state index contributed by atoms with van der Waals surface area (Å²) in [5.74, 6) is -0.203. The Morgan fingerprint density at radius 1 is 1.16 bits per heavy atom. The number of esters is 1. The van der Waals surface area contributed by atoms with Crippen molar-refractivity contribution in [2.45, 2.75) is 88.0 Å². The van der Waals surface area contributed by atoms with E-state index in [1.54, 1.807) is 6.92 Å². The summed E-state index contributed by atoms with van der Waals surface area (Å²) in [6, 6.07) is 10.1. The van der Waals surface area contributed by atoms with Crippen LogP contribution >= 0.6 is 15.9 Å². The number of hydrogen-bond donors (Lipinski definition) is 3. The molecule has 0 saturated heterocycles. The van der Waals surface area contributed by atoms with Crippen LogP contribution in [0.1, 0.15) is 63.9 Å². The van der Waals surface area contributed by atoms with Crippen molar-refractivity contribution in [3.63, 3.8) is 0 Å². The molecular weight excluding hydrogens is 460 g/mol. The van der Waals surface area contributed by atoms with Crippen molar-refractivity contribution in [2.75, 3.05) is 0 Å². The summed E-state index contributed by atoms with van der Waals surface area (Å²) in [6.07, 6.45) is 8.53. The predicted octanol–water partition coefficient (Wildman–Crippen LogP) is 4.52. The lowest BCUT2D eigenvalue weighted by molar-refractivity contribution is -0.144. The van der Waals surface area contributed by atoms with E-state index in [1.165, 1.54) is 5.56 Å². The molecular formula is C25H37BrO5. The van der Waals surface area contributed by atoms with E-state index in [0.29, 0.717) is 38.5 Å². The van der Waals surface area contributed by atoms with Crippen molar-refractivity contribution < 1.29 is 24.9 Å². The van der Waals surface area contributed by atoms with Crippen molar-refractivity contribution in [3.05, 3.63) is 48.0 Å². The molecule has 6 heteroatoms. The minimum absolute atomic E-state index is 0.00131. The van der Waals surface area contributed by atoms with Gasteiger partial charge in [0.15, 0.2) is 5.01 Å². The van der Waals surface area contributed by atoms with Crippen LogP contribution in [0.4, 0.5) is 0 Å². The zero-order valence-electron chi connectivity index (χ0n) is 18.4. The van der Waals surface area contributed by atoms with Gasteiger partial charge in [-0.25, -0.2) is 0 Å². The number of halogens is 1. The van der Waals surface area contributed by atoms with Crippen LogP contribution < -0.4 is 0 Å². The molecule has 0 bridgehead atoms. The summed E-state index contributed by atoms with van der Waals surface area (Å²) in [5, 5.41) is 30.9. The number of rotatable bonds is 13. The third kappa shape index (κ3) is 9.85. The minimum Gasteiger partial charge on any atom is -0.451 e. The molecule has 0 radical (unpaired) electrons. The summed E-state index contributed by atoms with van der Waals surface area (Å²) in [5.41, 5.74) is 1.22.